The molecule has 0 aromatic heterocycles. The molecule has 0 amide bonds. The van der Waals surface area contributed by atoms with Crippen molar-refractivity contribution in [3.8, 4) is 0 Å². The number of carbonyl (C=O) groups excluding carboxylic acids is 1. The zero-order valence-electron chi connectivity index (χ0n) is 17.0. The number of ether oxygens (including phenoxy) is 1. The second-order valence-corrected chi connectivity index (χ2v) is 11.1. The number of benzene rings is 3. The fraction of sp³-hybridized carbons (Fsp3) is 0.240. The van der Waals surface area contributed by atoms with E-state index in [1.807, 2.05) is 54.6 Å². The highest BCUT2D eigenvalue weighted by Gasteiger charge is 2.43. The normalized spacial score (nSPS) is 21.8. The molecule has 3 aromatic rings. The summed E-state index contributed by atoms with van der Waals surface area (Å²) in [4.78, 5) is 12.1. The summed E-state index contributed by atoms with van der Waals surface area (Å²) in [6.45, 7) is 1.93. The summed E-state index contributed by atoms with van der Waals surface area (Å²) in [5.41, 5.74) is 0. The van der Waals surface area contributed by atoms with Crippen molar-refractivity contribution in [1.82, 2.24) is 0 Å². The Labute approximate surface area is 178 Å². The molecule has 1 heterocycles. The van der Waals surface area contributed by atoms with E-state index in [0.29, 0.717) is 6.42 Å². The lowest BCUT2D eigenvalue weighted by atomic mass is 9.96. The topological polar surface area (TPSA) is 55.8 Å². The van der Waals surface area contributed by atoms with Gasteiger partial charge in [-0.3, -0.25) is 4.79 Å². The van der Waals surface area contributed by atoms with Crippen LogP contribution in [0.1, 0.15) is 13.3 Å². The molecule has 0 radical (unpaired) electrons. The lowest BCUT2D eigenvalue weighted by molar-refractivity contribution is -0.170. The van der Waals surface area contributed by atoms with Crippen LogP contribution < -0.4 is 15.6 Å². The number of esters is 1. The molecule has 4 nitrogen and oxygen atoms in total. The van der Waals surface area contributed by atoms with Crippen LogP contribution in [0.4, 0.5) is 0 Å². The minimum Gasteiger partial charge on any atom is -0.460 e. The number of hydrogen-bond acceptors (Lipinski definition) is 4. The number of hydrogen-bond donors (Lipinski definition) is 1. The average molecular weight is 419 g/mol. The minimum absolute atomic E-state index is 0.237. The average Bonchev–Trinajstić information content (AvgIpc) is 2.80. The summed E-state index contributed by atoms with van der Waals surface area (Å²) < 4.78 is 12.4. The maximum Gasteiger partial charge on any atom is 0.311 e. The number of aliphatic hydroxyl groups is 1. The lowest BCUT2D eigenvalue weighted by Crippen LogP contribution is -2.70. The number of cyclic esters (lactones) is 1. The van der Waals surface area contributed by atoms with Gasteiger partial charge in [0.2, 0.25) is 0 Å². The Morgan fingerprint density at radius 3 is 1.70 bits per heavy atom. The van der Waals surface area contributed by atoms with Gasteiger partial charge in [0.15, 0.2) is 0 Å². The van der Waals surface area contributed by atoms with E-state index in [9.17, 15) is 9.90 Å². The Morgan fingerprint density at radius 1 is 0.867 bits per heavy atom. The largest absolute Gasteiger partial charge is 0.460 e. The predicted octanol–water partition coefficient (Wildman–Crippen LogP) is 1.98. The van der Waals surface area contributed by atoms with Crippen molar-refractivity contribution in [2.75, 3.05) is 6.61 Å². The van der Waals surface area contributed by atoms with Crippen LogP contribution in [0.5, 0.6) is 0 Å². The van der Waals surface area contributed by atoms with Gasteiger partial charge in [0.05, 0.1) is 18.6 Å². The van der Waals surface area contributed by atoms with E-state index < -0.39 is 26.4 Å². The molecule has 1 N–H and O–H groups in total. The second-order valence-electron chi connectivity index (χ2n) is 7.74. The standard InChI is InChI=1S/C25H26O4Si/c1-19-24(26)17-20(29-25(19)27)18-28-30(21-11-5-2-6-12-21,22-13-7-3-8-14-22)23-15-9-4-10-16-23/h2-16,19-20,24,26H,17-18H2,1H3/t19-,20-,24-/m0/s1. The highest BCUT2D eigenvalue weighted by molar-refractivity contribution is 7.07. The fourth-order valence-corrected chi connectivity index (χ4v) is 7.96. The molecule has 5 heteroatoms. The van der Waals surface area contributed by atoms with Crippen molar-refractivity contribution in [2.45, 2.75) is 25.6 Å². The summed E-state index contributed by atoms with van der Waals surface area (Å²) in [5, 5.41) is 13.6. The molecule has 0 spiro atoms. The van der Waals surface area contributed by atoms with E-state index in [0.717, 1.165) is 15.6 Å². The molecule has 1 saturated heterocycles. The van der Waals surface area contributed by atoms with Crippen LogP contribution in [0.2, 0.25) is 0 Å². The molecule has 154 valence electrons. The SMILES string of the molecule is C[C@@H]1C(=O)O[C@H](CO[Si](c2ccccc2)(c2ccccc2)c2ccccc2)C[C@@H]1O. The summed E-state index contributed by atoms with van der Waals surface area (Å²) in [6.07, 6.45) is -0.789. The minimum atomic E-state index is -2.84. The van der Waals surface area contributed by atoms with E-state index in [4.69, 9.17) is 9.16 Å². The van der Waals surface area contributed by atoms with Crippen LogP contribution >= 0.6 is 0 Å². The Hall–Kier alpha value is -2.73. The summed E-state index contributed by atoms with van der Waals surface area (Å²) in [5.74, 6) is -0.866. The highest BCUT2D eigenvalue weighted by Crippen LogP contribution is 2.22. The van der Waals surface area contributed by atoms with Crippen molar-refractivity contribution in [1.29, 1.82) is 0 Å². The van der Waals surface area contributed by atoms with Gasteiger partial charge in [-0.25, -0.2) is 0 Å². The van der Waals surface area contributed by atoms with Crippen LogP contribution in [-0.2, 0) is 14.0 Å². The summed E-state index contributed by atoms with van der Waals surface area (Å²) in [6, 6.07) is 30.8. The van der Waals surface area contributed by atoms with Gasteiger partial charge in [0.25, 0.3) is 8.32 Å². The molecule has 3 atom stereocenters. The van der Waals surface area contributed by atoms with Crippen LogP contribution in [0.15, 0.2) is 91.0 Å². The van der Waals surface area contributed by atoms with Gasteiger partial charge in [0.1, 0.15) is 6.10 Å². The molecule has 0 bridgehead atoms. The molecular weight excluding hydrogens is 392 g/mol. The Morgan fingerprint density at radius 2 is 1.30 bits per heavy atom. The summed E-state index contributed by atoms with van der Waals surface area (Å²) in [7, 11) is -2.84. The predicted molar refractivity (Wildman–Crippen MR) is 120 cm³/mol. The van der Waals surface area contributed by atoms with Crippen LogP contribution in [0, 0.1) is 5.92 Å². The lowest BCUT2D eigenvalue weighted by Gasteiger charge is -2.36. The van der Waals surface area contributed by atoms with Gasteiger partial charge < -0.3 is 14.3 Å². The molecule has 0 unspecified atom stereocenters. The zero-order valence-corrected chi connectivity index (χ0v) is 18.0. The first-order valence-electron chi connectivity index (χ1n) is 10.3. The molecular formula is C25H26O4Si. The number of aliphatic hydroxyl groups excluding tert-OH is 1. The van der Waals surface area contributed by atoms with Crippen LogP contribution in [0.3, 0.4) is 0 Å². The monoisotopic (exact) mass is 418 g/mol. The third-order valence-corrected chi connectivity index (χ3v) is 9.80. The second kappa shape index (κ2) is 8.96. The summed E-state index contributed by atoms with van der Waals surface area (Å²) >= 11 is 0. The first-order chi connectivity index (χ1) is 14.6. The highest BCUT2D eigenvalue weighted by atomic mass is 28.4. The third kappa shape index (κ3) is 3.96. The molecule has 1 aliphatic rings. The van der Waals surface area contributed by atoms with Crippen LogP contribution in [-0.4, -0.2) is 38.2 Å². The molecule has 4 rings (SSSR count). The molecule has 1 fully saturated rings. The van der Waals surface area contributed by atoms with E-state index in [2.05, 4.69) is 36.4 Å². The van der Waals surface area contributed by atoms with Crippen molar-refractivity contribution < 1.29 is 19.1 Å². The van der Waals surface area contributed by atoms with Crippen molar-refractivity contribution in [2.24, 2.45) is 5.92 Å². The van der Waals surface area contributed by atoms with Crippen molar-refractivity contribution in [3.05, 3.63) is 91.0 Å². The maximum absolute atomic E-state index is 12.1. The van der Waals surface area contributed by atoms with Gasteiger partial charge in [-0.15, -0.1) is 0 Å². The quantitative estimate of drug-likeness (QED) is 0.378. The molecule has 0 aliphatic carbocycles. The van der Waals surface area contributed by atoms with Gasteiger partial charge in [0, 0.05) is 6.42 Å². The fourth-order valence-electron chi connectivity index (χ4n) is 4.04. The van der Waals surface area contributed by atoms with Crippen LogP contribution in [0.25, 0.3) is 0 Å². The van der Waals surface area contributed by atoms with Gasteiger partial charge >= 0.3 is 5.97 Å². The maximum atomic E-state index is 12.1. The molecule has 1 aliphatic heterocycles. The molecule has 3 aromatic carbocycles. The molecule has 0 saturated carbocycles. The van der Waals surface area contributed by atoms with Crippen molar-refractivity contribution >= 4 is 29.8 Å². The first-order valence-corrected chi connectivity index (χ1v) is 12.2. The number of carbonyl (C=O) groups is 1. The Balaban J connectivity index is 1.76. The third-order valence-electron chi connectivity index (χ3n) is 5.76. The van der Waals surface area contributed by atoms with E-state index in [1.54, 1.807) is 6.92 Å². The zero-order chi connectivity index (χ0) is 21.0. The van der Waals surface area contributed by atoms with E-state index in [-0.39, 0.29) is 12.6 Å². The smallest absolute Gasteiger partial charge is 0.311 e. The Kier molecular flexibility index (Phi) is 6.13. The van der Waals surface area contributed by atoms with Crippen molar-refractivity contribution in [3.63, 3.8) is 0 Å². The first kappa shape index (κ1) is 20.5. The Bertz CT molecular complexity index is 866. The van der Waals surface area contributed by atoms with E-state index >= 15 is 0 Å². The molecule has 30 heavy (non-hydrogen) atoms. The van der Waals surface area contributed by atoms with Gasteiger partial charge in [-0.1, -0.05) is 91.0 Å². The van der Waals surface area contributed by atoms with Gasteiger partial charge in [-0.05, 0) is 22.5 Å². The van der Waals surface area contributed by atoms with E-state index in [1.165, 1.54) is 0 Å². The van der Waals surface area contributed by atoms with Gasteiger partial charge in [-0.2, -0.15) is 0 Å². The number of rotatable bonds is 6.